The van der Waals surface area contributed by atoms with Crippen LogP contribution in [0, 0.1) is 6.92 Å². The molecule has 0 saturated carbocycles. The molecular formula is C20H13Cl2N3O2S. The van der Waals surface area contributed by atoms with Crippen molar-refractivity contribution in [2.75, 3.05) is 5.32 Å². The monoisotopic (exact) mass is 429 g/mol. The fourth-order valence-corrected chi connectivity index (χ4v) is 4.34. The highest BCUT2D eigenvalue weighted by atomic mass is 35.5. The Bertz CT molecular complexity index is 1210. The number of nitrogens with zero attached hydrogens (tertiary/aromatic N) is 2. The van der Waals surface area contributed by atoms with Gasteiger partial charge in [-0.3, -0.25) is 0 Å². The first-order valence-electron chi connectivity index (χ1n) is 8.24. The molecular weight excluding hydrogens is 417 g/mol. The normalized spacial score (nSPS) is 11.0. The molecule has 2 aromatic heterocycles. The first-order valence-corrected chi connectivity index (χ1v) is 9.81. The van der Waals surface area contributed by atoms with Crippen LogP contribution in [0.1, 0.15) is 15.2 Å². The second-order valence-electron chi connectivity index (χ2n) is 6.07. The number of nitrogens with one attached hydrogen (secondary N) is 1. The minimum Gasteiger partial charge on any atom is -0.478 e. The van der Waals surface area contributed by atoms with Crippen LogP contribution < -0.4 is 5.32 Å². The molecule has 5 nitrogen and oxygen atoms in total. The Morgan fingerprint density at radius 1 is 1.11 bits per heavy atom. The Hall–Kier alpha value is -2.67. The summed E-state index contributed by atoms with van der Waals surface area (Å²) < 4.78 is 0. The van der Waals surface area contributed by atoms with E-state index < -0.39 is 5.97 Å². The standard InChI is InChI=1S/C20H13Cl2N3O2S/c1-10-16(11-2-4-12(21)5-3-11)17-18(23-9-24-19(17)28-10)25-13-6-7-15(22)14(8-13)20(26)27/h2-9H,1H3,(H,26,27)(H,23,24,25). The summed E-state index contributed by atoms with van der Waals surface area (Å²) in [6.07, 6.45) is 1.49. The number of benzene rings is 2. The fraction of sp³-hybridized carbons (Fsp3) is 0.0500. The number of carboxylic acid groups (broad SMARTS) is 1. The predicted octanol–water partition coefficient (Wildman–Crippen LogP) is 6.42. The van der Waals surface area contributed by atoms with Gasteiger partial charge in [0, 0.05) is 21.2 Å². The van der Waals surface area contributed by atoms with E-state index in [0.717, 1.165) is 26.2 Å². The summed E-state index contributed by atoms with van der Waals surface area (Å²) in [6, 6.07) is 12.3. The molecule has 0 amide bonds. The summed E-state index contributed by atoms with van der Waals surface area (Å²) in [5.74, 6) is -0.493. The van der Waals surface area contributed by atoms with Gasteiger partial charge in [-0.15, -0.1) is 11.3 Å². The molecule has 0 atom stereocenters. The van der Waals surface area contributed by atoms with Crippen LogP contribution in [0.5, 0.6) is 0 Å². The Morgan fingerprint density at radius 3 is 2.57 bits per heavy atom. The van der Waals surface area contributed by atoms with Crippen molar-refractivity contribution in [2.24, 2.45) is 0 Å². The molecule has 0 aliphatic rings. The van der Waals surface area contributed by atoms with Crippen LogP contribution in [0.25, 0.3) is 21.3 Å². The smallest absolute Gasteiger partial charge is 0.337 e. The van der Waals surface area contributed by atoms with Crippen molar-refractivity contribution in [2.45, 2.75) is 6.92 Å². The van der Waals surface area contributed by atoms with Crippen LogP contribution in [0.4, 0.5) is 11.5 Å². The summed E-state index contributed by atoms with van der Waals surface area (Å²) in [6.45, 7) is 2.03. The van der Waals surface area contributed by atoms with Crippen molar-refractivity contribution in [1.82, 2.24) is 9.97 Å². The lowest BCUT2D eigenvalue weighted by Gasteiger charge is -2.10. The van der Waals surface area contributed by atoms with E-state index in [0.29, 0.717) is 16.5 Å². The minimum absolute atomic E-state index is 0.0244. The number of fused-ring (bicyclic) bond motifs is 1. The maximum Gasteiger partial charge on any atom is 0.337 e. The highest BCUT2D eigenvalue weighted by molar-refractivity contribution is 7.19. The Morgan fingerprint density at radius 2 is 1.86 bits per heavy atom. The number of rotatable bonds is 4. The summed E-state index contributed by atoms with van der Waals surface area (Å²) in [5, 5.41) is 14.2. The van der Waals surface area contributed by atoms with Crippen LogP contribution in [0.3, 0.4) is 0 Å². The van der Waals surface area contributed by atoms with E-state index in [1.54, 1.807) is 23.5 Å². The number of carbonyl (C=O) groups is 1. The molecule has 0 aliphatic carbocycles. The van der Waals surface area contributed by atoms with Gasteiger partial charge >= 0.3 is 5.97 Å². The van der Waals surface area contributed by atoms with Crippen LogP contribution >= 0.6 is 34.5 Å². The Labute approximate surface area is 174 Å². The van der Waals surface area contributed by atoms with Crippen LogP contribution in [0.2, 0.25) is 10.0 Å². The maximum absolute atomic E-state index is 11.4. The number of halogens is 2. The predicted molar refractivity (Wildman–Crippen MR) is 114 cm³/mol. The molecule has 4 aromatic rings. The largest absolute Gasteiger partial charge is 0.478 e. The summed E-state index contributed by atoms with van der Waals surface area (Å²) in [7, 11) is 0. The van der Waals surface area contributed by atoms with E-state index in [4.69, 9.17) is 23.2 Å². The topological polar surface area (TPSA) is 75.1 Å². The average molecular weight is 430 g/mol. The van der Waals surface area contributed by atoms with Gasteiger partial charge in [-0.05, 0) is 42.8 Å². The molecule has 2 heterocycles. The Balaban J connectivity index is 1.85. The lowest BCUT2D eigenvalue weighted by Crippen LogP contribution is -2.00. The Kier molecular flexibility index (Phi) is 4.93. The third kappa shape index (κ3) is 3.42. The molecule has 28 heavy (non-hydrogen) atoms. The molecule has 2 aromatic carbocycles. The van der Waals surface area contributed by atoms with Gasteiger partial charge in [0.25, 0.3) is 0 Å². The number of anilines is 2. The van der Waals surface area contributed by atoms with Crippen molar-refractivity contribution in [3.05, 3.63) is 69.3 Å². The molecule has 8 heteroatoms. The second-order valence-corrected chi connectivity index (χ2v) is 8.11. The van der Waals surface area contributed by atoms with Gasteiger partial charge < -0.3 is 10.4 Å². The van der Waals surface area contributed by atoms with E-state index in [1.807, 2.05) is 31.2 Å². The van der Waals surface area contributed by atoms with Gasteiger partial charge in [0.15, 0.2) is 0 Å². The molecule has 0 aliphatic heterocycles. The molecule has 0 bridgehead atoms. The molecule has 0 fully saturated rings. The molecule has 4 rings (SSSR count). The number of aryl methyl sites for hydroxylation is 1. The van der Waals surface area contributed by atoms with Gasteiger partial charge in [-0.2, -0.15) is 0 Å². The maximum atomic E-state index is 11.4. The van der Waals surface area contributed by atoms with E-state index in [9.17, 15) is 9.90 Å². The van der Waals surface area contributed by atoms with Gasteiger partial charge in [0.1, 0.15) is 17.0 Å². The van der Waals surface area contributed by atoms with Crippen LogP contribution in [0.15, 0.2) is 48.8 Å². The van der Waals surface area contributed by atoms with Crippen molar-refractivity contribution >= 4 is 62.2 Å². The van der Waals surface area contributed by atoms with E-state index >= 15 is 0 Å². The average Bonchev–Trinajstić information content (AvgIpc) is 3.00. The quantitative estimate of drug-likeness (QED) is 0.391. The SMILES string of the molecule is Cc1sc2ncnc(Nc3ccc(Cl)c(C(=O)O)c3)c2c1-c1ccc(Cl)cc1. The van der Waals surface area contributed by atoms with Gasteiger partial charge in [0.2, 0.25) is 0 Å². The first-order chi connectivity index (χ1) is 13.4. The van der Waals surface area contributed by atoms with Crippen molar-refractivity contribution in [1.29, 1.82) is 0 Å². The highest BCUT2D eigenvalue weighted by Crippen LogP contribution is 2.41. The molecule has 0 saturated heterocycles. The highest BCUT2D eigenvalue weighted by Gasteiger charge is 2.17. The second kappa shape index (κ2) is 7.39. The number of aromatic nitrogens is 2. The summed E-state index contributed by atoms with van der Waals surface area (Å²) in [4.78, 5) is 22.1. The summed E-state index contributed by atoms with van der Waals surface area (Å²) in [5.41, 5.74) is 2.63. The molecule has 2 N–H and O–H groups in total. The fourth-order valence-electron chi connectivity index (χ4n) is 3.01. The number of hydrogen-bond acceptors (Lipinski definition) is 5. The number of aromatic carboxylic acids is 1. The van der Waals surface area contributed by atoms with Crippen LogP contribution in [-0.2, 0) is 0 Å². The third-order valence-electron chi connectivity index (χ3n) is 4.26. The zero-order valence-electron chi connectivity index (χ0n) is 14.5. The first kappa shape index (κ1) is 18.7. The number of carboxylic acids is 1. The number of hydrogen-bond donors (Lipinski definition) is 2. The zero-order chi connectivity index (χ0) is 19.8. The van der Waals surface area contributed by atoms with Gasteiger partial charge in [-0.25, -0.2) is 14.8 Å². The summed E-state index contributed by atoms with van der Waals surface area (Å²) >= 11 is 13.6. The van der Waals surface area contributed by atoms with Crippen molar-refractivity contribution in [3.8, 4) is 11.1 Å². The van der Waals surface area contributed by atoms with Gasteiger partial charge in [-0.1, -0.05) is 35.3 Å². The van der Waals surface area contributed by atoms with Crippen LogP contribution in [-0.4, -0.2) is 21.0 Å². The lowest BCUT2D eigenvalue weighted by molar-refractivity contribution is 0.0697. The van der Waals surface area contributed by atoms with Crippen molar-refractivity contribution in [3.63, 3.8) is 0 Å². The zero-order valence-corrected chi connectivity index (χ0v) is 16.9. The van der Waals surface area contributed by atoms with Gasteiger partial charge in [0.05, 0.1) is 16.0 Å². The lowest BCUT2D eigenvalue weighted by atomic mass is 10.0. The van der Waals surface area contributed by atoms with E-state index in [2.05, 4.69) is 15.3 Å². The minimum atomic E-state index is -1.09. The molecule has 0 spiro atoms. The van der Waals surface area contributed by atoms with E-state index in [-0.39, 0.29) is 10.6 Å². The molecule has 0 unspecified atom stereocenters. The van der Waals surface area contributed by atoms with Crippen molar-refractivity contribution < 1.29 is 9.90 Å². The van der Waals surface area contributed by atoms with E-state index in [1.165, 1.54) is 12.4 Å². The third-order valence-corrected chi connectivity index (χ3v) is 5.85. The number of thiophene rings is 1. The molecule has 140 valence electrons. The molecule has 0 radical (unpaired) electrons.